The van der Waals surface area contributed by atoms with Gasteiger partial charge >= 0.3 is 12.0 Å². The number of likely N-dealkylation sites (N-methyl/N-ethyl adjacent to an activating group) is 1. The number of rotatable bonds is 10. The van der Waals surface area contributed by atoms with Crippen molar-refractivity contribution >= 4 is 45.2 Å². The van der Waals surface area contributed by atoms with Gasteiger partial charge in [0.2, 0.25) is 5.91 Å². The number of nitrogens with zero attached hydrogens (tertiary/aromatic N) is 6. The Morgan fingerprint density at radius 3 is 2.40 bits per heavy atom. The Kier molecular flexibility index (Phi) is 9.26. The summed E-state index contributed by atoms with van der Waals surface area (Å²) in [5.74, 6) is -6.52. The van der Waals surface area contributed by atoms with E-state index in [0.29, 0.717) is 42.9 Å². The van der Waals surface area contributed by atoms with Crippen LogP contribution in [0.1, 0.15) is 22.3 Å². The summed E-state index contributed by atoms with van der Waals surface area (Å²) in [6, 6.07) is 7.17. The molecule has 2 aromatic carbocycles. The highest BCUT2D eigenvalue weighted by atomic mass is 32.2. The predicted octanol–water partition coefficient (Wildman–Crippen LogP) is 1.54. The van der Waals surface area contributed by atoms with E-state index in [1.54, 1.807) is 7.05 Å². The fourth-order valence-electron chi connectivity index (χ4n) is 5.85. The van der Waals surface area contributed by atoms with Gasteiger partial charge in [0.25, 0.3) is 15.9 Å². The molecule has 0 bridgehead atoms. The monoisotopic (exact) mass is 709 g/mol. The van der Waals surface area contributed by atoms with E-state index in [1.807, 2.05) is 4.72 Å². The Morgan fingerprint density at radius 1 is 1.08 bits per heavy atom. The molecule has 2 fully saturated rings. The second kappa shape index (κ2) is 13.6. The standard InChI is InChI=1S/C31H29F2N9O7S/c1-40-25-16-34-9-8-21(25)29(44)42(31(40)47)19-4-2-17(3-5-19)12-24(30(45)46)37-28(43)27-22(32)13-18(14-23(27)33)38-50(48,49)26-7-6-20(15-35-26)41-11-10-36-39-41/h2-7,10-11,13-15,21,24-25,34,38H,8-9,12,16H2,1H3,(H,37,43)(H,45,46)/t21?,24-,25?/m0/s1. The highest BCUT2D eigenvalue weighted by molar-refractivity contribution is 7.92. The first-order chi connectivity index (χ1) is 23.8. The minimum Gasteiger partial charge on any atom is -0.480 e. The number of anilines is 2. The molecule has 3 atom stereocenters. The van der Waals surface area contributed by atoms with Crippen LogP contribution in [-0.2, 0) is 26.0 Å². The summed E-state index contributed by atoms with van der Waals surface area (Å²) in [6.07, 6.45) is 4.36. The third-order valence-corrected chi connectivity index (χ3v) is 9.72. The maximum absolute atomic E-state index is 15.1. The van der Waals surface area contributed by atoms with Crippen LogP contribution in [0.5, 0.6) is 0 Å². The largest absolute Gasteiger partial charge is 0.480 e. The Balaban J connectivity index is 1.13. The Labute approximate surface area is 283 Å². The molecule has 0 saturated carbocycles. The molecule has 2 aliphatic rings. The van der Waals surface area contributed by atoms with Crippen molar-refractivity contribution in [3.8, 4) is 5.69 Å². The normalized spacial score (nSPS) is 18.4. The van der Waals surface area contributed by atoms with E-state index in [4.69, 9.17) is 0 Å². The highest BCUT2D eigenvalue weighted by Gasteiger charge is 2.46. The van der Waals surface area contributed by atoms with Crippen LogP contribution in [-0.4, -0.2) is 94.4 Å². The number of nitrogens with one attached hydrogen (secondary N) is 3. The summed E-state index contributed by atoms with van der Waals surface area (Å²) in [5, 5.41) is 22.0. The SMILES string of the molecule is CN1C(=O)N(c2ccc(C[C@H](NC(=O)c3c(F)cc(NS(=O)(=O)c4ccc(-n5ccnn5)cn4)cc3F)C(=O)O)cc2)C(=O)C2CCNCC21. The zero-order valence-corrected chi connectivity index (χ0v) is 27.0. The molecule has 19 heteroatoms. The summed E-state index contributed by atoms with van der Waals surface area (Å²) in [7, 11) is -2.80. The molecule has 4 amide bonds. The summed E-state index contributed by atoms with van der Waals surface area (Å²) in [6.45, 7) is 1.14. The number of carbonyl (C=O) groups excluding carboxylic acids is 3. The fourth-order valence-corrected chi connectivity index (χ4v) is 6.82. The van der Waals surface area contributed by atoms with Crippen LogP contribution in [0.25, 0.3) is 5.69 Å². The minimum atomic E-state index is -4.42. The van der Waals surface area contributed by atoms with Crippen molar-refractivity contribution in [2.24, 2.45) is 5.92 Å². The van der Waals surface area contributed by atoms with Gasteiger partial charge in [-0.15, -0.1) is 5.10 Å². The van der Waals surface area contributed by atoms with Crippen LogP contribution < -0.4 is 20.3 Å². The maximum atomic E-state index is 15.1. The van der Waals surface area contributed by atoms with E-state index < -0.39 is 61.9 Å². The maximum Gasteiger partial charge on any atom is 0.331 e. The zero-order chi connectivity index (χ0) is 35.7. The first-order valence-electron chi connectivity index (χ1n) is 15.1. The van der Waals surface area contributed by atoms with Crippen molar-refractivity contribution < 1.29 is 41.5 Å². The van der Waals surface area contributed by atoms with Gasteiger partial charge in [0.1, 0.15) is 23.2 Å². The highest BCUT2D eigenvalue weighted by Crippen LogP contribution is 2.30. The molecule has 6 rings (SSSR count). The number of carboxylic acids is 1. The third-order valence-electron chi connectivity index (χ3n) is 8.42. The lowest BCUT2D eigenvalue weighted by molar-refractivity contribution is -0.139. The molecule has 260 valence electrons. The van der Waals surface area contributed by atoms with Gasteiger partial charge in [-0.3, -0.25) is 14.3 Å². The number of sulfonamides is 1. The number of aliphatic carboxylic acids is 1. The van der Waals surface area contributed by atoms with Gasteiger partial charge in [0, 0.05) is 20.0 Å². The number of carboxylic acid groups (broad SMARTS) is 1. The van der Waals surface area contributed by atoms with Crippen LogP contribution in [0.3, 0.4) is 0 Å². The number of amides is 4. The number of hydrogen-bond donors (Lipinski definition) is 4. The molecule has 4 heterocycles. The lowest BCUT2D eigenvalue weighted by Gasteiger charge is -2.45. The van der Waals surface area contributed by atoms with Gasteiger partial charge < -0.3 is 20.6 Å². The van der Waals surface area contributed by atoms with Gasteiger partial charge in [-0.2, -0.15) is 8.42 Å². The van der Waals surface area contributed by atoms with Gasteiger partial charge in [-0.25, -0.2) is 32.9 Å². The van der Waals surface area contributed by atoms with Crippen molar-refractivity contribution in [1.82, 2.24) is 35.5 Å². The molecule has 2 unspecified atom stereocenters. The van der Waals surface area contributed by atoms with Gasteiger partial charge in [-0.1, -0.05) is 17.3 Å². The third kappa shape index (κ3) is 6.72. The summed E-state index contributed by atoms with van der Waals surface area (Å²) >= 11 is 0. The first kappa shape index (κ1) is 34.1. The molecular formula is C31H29F2N9O7S. The predicted molar refractivity (Wildman–Crippen MR) is 171 cm³/mol. The molecular weight excluding hydrogens is 680 g/mol. The van der Waals surface area contributed by atoms with Crippen LogP contribution in [0.15, 0.2) is 72.1 Å². The number of carbonyl (C=O) groups is 4. The molecule has 4 N–H and O–H groups in total. The second-order valence-corrected chi connectivity index (χ2v) is 13.2. The number of benzene rings is 2. The van der Waals surface area contributed by atoms with Crippen LogP contribution in [0.4, 0.5) is 25.0 Å². The van der Waals surface area contributed by atoms with E-state index in [2.05, 4.69) is 25.9 Å². The quantitative estimate of drug-likeness (QED) is 0.186. The number of imide groups is 1. The smallest absolute Gasteiger partial charge is 0.331 e. The van der Waals surface area contributed by atoms with Crippen molar-refractivity contribution in [3.63, 3.8) is 0 Å². The van der Waals surface area contributed by atoms with Crippen molar-refractivity contribution in [2.75, 3.05) is 29.8 Å². The molecule has 50 heavy (non-hydrogen) atoms. The van der Waals surface area contributed by atoms with Gasteiger partial charge in [0.15, 0.2) is 5.03 Å². The molecule has 0 spiro atoms. The number of hydrogen-bond acceptors (Lipinski definition) is 10. The number of urea groups is 1. The lowest BCUT2D eigenvalue weighted by atomic mass is 9.88. The number of aromatic nitrogens is 4. The summed E-state index contributed by atoms with van der Waals surface area (Å²) in [5.41, 5.74) is -0.629. The molecule has 0 aliphatic carbocycles. The average Bonchev–Trinajstić information content (AvgIpc) is 3.63. The number of fused-ring (bicyclic) bond motifs is 1. The molecule has 0 radical (unpaired) electrons. The second-order valence-electron chi connectivity index (χ2n) is 11.6. The molecule has 4 aromatic rings. The number of piperidine rings is 1. The van der Waals surface area contributed by atoms with Gasteiger partial charge in [-0.05, 0) is 54.9 Å². The molecule has 2 aromatic heterocycles. The van der Waals surface area contributed by atoms with E-state index >= 15 is 8.78 Å². The fraction of sp³-hybridized carbons (Fsp3) is 0.258. The van der Waals surface area contributed by atoms with Crippen molar-refractivity contribution in [3.05, 3.63) is 89.9 Å². The lowest BCUT2D eigenvalue weighted by Crippen LogP contribution is -2.65. The van der Waals surface area contributed by atoms with Crippen molar-refractivity contribution in [2.45, 2.75) is 30.0 Å². The van der Waals surface area contributed by atoms with E-state index in [1.165, 1.54) is 58.5 Å². The minimum absolute atomic E-state index is 0.262. The molecule has 2 saturated heterocycles. The Bertz CT molecular complexity index is 2040. The van der Waals surface area contributed by atoms with E-state index in [0.717, 1.165) is 11.0 Å². The van der Waals surface area contributed by atoms with Crippen LogP contribution in [0.2, 0.25) is 0 Å². The Hall–Kier alpha value is -5.82. The number of pyridine rings is 1. The summed E-state index contributed by atoms with van der Waals surface area (Å²) < 4.78 is 59.1. The van der Waals surface area contributed by atoms with E-state index in [9.17, 15) is 32.7 Å². The van der Waals surface area contributed by atoms with Gasteiger partial charge in [0.05, 0.1) is 47.6 Å². The summed E-state index contributed by atoms with van der Waals surface area (Å²) in [4.78, 5) is 57.6. The molecule has 16 nitrogen and oxygen atoms in total. The topological polar surface area (TPSA) is 209 Å². The molecule has 2 aliphatic heterocycles. The first-order valence-corrected chi connectivity index (χ1v) is 16.6. The number of halogens is 2. The van der Waals surface area contributed by atoms with Crippen LogP contribution in [0, 0.1) is 17.6 Å². The van der Waals surface area contributed by atoms with Crippen LogP contribution >= 0.6 is 0 Å². The Morgan fingerprint density at radius 2 is 1.78 bits per heavy atom. The van der Waals surface area contributed by atoms with Crippen molar-refractivity contribution in [1.29, 1.82) is 0 Å². The average molecular weight is 710 g/mol. The zero-order valence-electron chi connectivity index (χ0n) is 26.2. The van der Waals surface area contributed by atoms with E-state index in [-0.39, 0.29) is 30.0 Å².